The first-order valence-corrected chi connectivity index (χ1v) is 9.63. The number of carbonyl (C=O) groups is 1. The Bertz CT molecular complexity index is 705. The summed E-state index contributed by atoms with van der Waals surface area (Å²) in [5.41, 5.74) is 5.35. The van der Waals surface area contributed by atoms with E-state index in [1.807, 2.05) is 0 Å². The van der Waals surface area contributed by atoms with Crippen LogP contribution in [0.1, 0.15) is 6.42 Å². The number of urea groups is 1. The maximum Gasteiger partial charge on any atom is 0.528 e. The summed E-state index contributed by atoms with van der Waals surface area (Å²) in [5.74, 6) is -0.275. The van der Waals surface area contributed by atoms with Crippen molar-refractivity contribution in [3.05, 3.63) is 12.3 Å². The number of ether oxygens (including phenoxy) is 1. The number of rotatable bonds is 6. The summed E-state index contributed by atoms with van der Waals surface area (Å²) < 4.78 is 34.6. The summed E-state index contributed by atoms with van der Waals surface area (Å²) in [4.78, 5) is 42.6. The molecule has 2 unspecified atom stereocenters. The molecule has 2 aliphatic heterocycles. The van der Waals surface area contributed by atoms with Gasteiger partial charge >= 0.3 is 21.7 Å². The molecule has 0 aromatic rings. The molecule has 0 aromatic heterocycles. The van der Waals surface area contributed by atoms with E-state index in [9.17, 15) is 23.9 Å². The Morgan fingerprint density at radius 2 is 2.04 bits per heavy atom. The van der Waals surface area contributed by atoms with E-state index in [1.54, 1.807) is 0 Å². The van der Waals surface area contributed by atoms with Crippen LogP contribution in [0.2, 0.25) is 0 Å². The van der Waals surface area contributed by atoms with Crippen molar-refractivity contribution >= 4 is 27.5 Å². The minimum Gasteiger partial charge on any atom is -0.394 e. The Kier molecular flexibility index (Phi) is 5.64. The monoisotopic (exact) mass is 404 g/mol. The summed E-state index contributed by atoms with van der Waals surface area (Å²) in [7, 11) is -11.0. The minimum atomic E-state index is -5.50. The predicted octanol–water partition coefficient (Wildman–Crippen LogP) is -1.58. The second kappa shape index (κ2) is 6.95. The molecule has 1 saturated heterocycles. The highest BCUT2D eigenvalue weighted by atomic mass is 31.3. The van der Waals surface area contributed by atoms with E-state index >= 15 is 0 Å². The number of amides is 2. The van der Waals surface area contributed by atoms with Gasteiger partial charge in [0.15, 0.2) is 0 Å². The van der Waals surface area contributed by atoms with Crippen molar-refractivity contribution in [3.63, 3.8) is 0 Å². The van der Waals surface area contributed by atoms with Gasteiger partial charge in [-0.3, -0.25) is 4.89 Å². The second-order valence-electron chi connectivity index (χ2n) is 5.08. The van der Waals surface area contributed by atoms with E-state index in [2.05, 4.69) is 13.9 Å². The van der Waals surface area contributed by atoms with Crippen LogP contribution in [-0.4, -0.2) is 66.4 Å². The van der Waals surface area contributed by atoms with Gasteiger partial charge in [0.05, 0.1) is 19.1 Å². The molecule has 5 atom stereocenters. The molecule has 2 heterocycles. The lowest BCUT2D eigenvalue weighted by Gasteiger charge is -2.33. The van der Waals surface area contributed by atoms with Crippen molar-refractivity contribution in [2.24, 2.45) is 10.7 Å². The molecule has 7 N–H and O–H groups in total. The molecule has 0 spiro atoms. The summed E-state index contributed by atoms with van der Waals surface area (Å²) >= 11 is 0. The van der Waals surface area contributed by atoms with Crippen molar-refractivity contribution in [2.75, 3.05) is 6.61 Å². The highest BCUT2D eigenvalue weighted by molar-refractivity contribution is 7.60. The molecule has 0 radical (unpaired) electrons. The van der Waals surface area contributed by atoms with E-state index in [4.69, 9.17) is 25.4 Å². The largest absolute Gasteiger partial charge is 0.528 e. The van der Waals surface area contributed by atoms with E-state index < -0.39 is 51.4 Å². The van der Waals surface area contributed by atoms with Gasteiger partial charge in [0, 0.05) is 6.08 Å². The van der Waals surface area contributed by atoms with Gasteiger partial charge in [-0.2, -0.15) is 4.31 Å². The summed E-state index contributed by atoms with van der Waals surface area (Å²) in [6.07, 6.45) is -2.34. The van der Waals surface area contributed by atoms with Crippen molar-refractivity contribution < 1.29 is 57.1 Å². The van der Waals surface area contributed by atoms with Crippen molar-refractivity contribution in [3.8, 4) is 0 Å². The number of aliphatic hydroxyl groups is 2. The van der Waals surface area contributed by atoms with E-state index in [0.29, 0.717) is 0 Å². The number of amidine groups is 1. The highest BCUT2D eigenvalue weighted by Crippen LogP contribution is 2.60. The molecular weight excluding hydrogens is 388 g/mol. The van der Waals surface area contributed by atoms with Crippen LogP contribution in [0.15, 0.2) is 17.3 Å². The molecule has 0 bridgehead atoms. The fourth-order valence-electron chi connectivity index (χ4n) is 2.25. The first kappa shape index (κ1) is 20.3. The molecule has 0 saturated carbocycles. The van der Waals surface area contributed by atoms with Gasteiger partial charge in [-0.15, -0.1) is 4.99 Å². The standard InChI is InChI=1S/C9H15N3O11P2/c10-7-1-2-12(9(15)11-7,8-3-5(14)6(4-13)21-8)22-25(19,20)23-24(16,17)18/h1-2,5-6,8,13-14H,3-4H2,(H4-,10,11,15,16,17,18,19,20)/p+1/t5-,6+,8+,12?/m0/s1. The predicted molar refractivity (Wildman–Crippen MR) is 76.8 cm³/mol. The van der Waals surface area contributed by atoms with Crippen LogP contribution in [0.4, 0.5) is 4.79 Å². The molecule has 2 amide bonds. The number of carbonyl (C=O) groups excluding carboxylic acids is 1. The number of hydroxylamine groups is 3. The molecular formula is C9H16N3O11P2+. The number of nitrogens with zero attached hydrogens (tertiary/aromatic N) is 2. The number of quaternary nitrogens is 1. The molecule has 142 valence electrons. The van der Waals surface area contributed by atoms with Crippen LogP contribution in [0, 0.1) is 0 Å². The third-order valence-corrected chi connectivity index (χ3v) is 5.40. The zero-order valence-electron chi connectivity index (χ0n) is 12.4. The van der Waals surface area contributed by atoms with Crippen LogP contribution in [0.5, 0.6) is 0 Å². The Labute approximate surface area is 140 Å². The second-order valence-corrected chi connectivity index (χ2v) is 7.82. The molecule has 0 aromatic carbocycles. The average molecular weight is 404 g/mol. The minimum absolute atomic E-state index is 0.275. The average Bonchev–Trinajstić information content (AvgIpc) is 2.81. The SMILES string of the molecule is NC1=NC(=O)[N+](OP(=O)(O)OP(=O)(O)O)([C@H]2C[C@H](O)[C@@H](CO)O2)C=C1. The molecule has 14 nitrogen and oxygen atoms in total. The molecule has 2 aliphatic rings. The summed E-state index contributed by atoms with van der Waals surface area (Å²) in [5, 5.41) is 18.9. The Morgan fingerprint density at radius 3 is 2.52 bits per heavy atom. The number of aliphatic imine (C=N–C) groups is 1. The molecule has 1 fully saturated rings. The van der Waals surface area contributed by atoms with Crippen LogP contribution in [0.25, 0.3) is 0 Å². The number of phosphoric acid groups is 2. The molecule has 25 heavy (non-hydrogen) atoms. The van der Waals surface area contributed by atoms with E-state index in [-0.39, 0.29) is 12.3 Å². The van der Waals surface area contributed by atoms with Gasteiger partial charge in [0.2, 0.25) is 6.23 Å². The van der Waals surface area contributed by atoms with Crippen molar-refractivity contribution in [2.45, 2.75) is 24.9 Å². The zero-order chi connectivity index (χ0) is 19.0. The third kappa shape index (κ3) is 4.58. The molecule has 0 aliphatic carbocycles. The lowest BCUT2D eigenvalue weighted by Crippen LogP contribution is -2.55. The van der Waals surface area contributed by atoms with Crippen LogP contribution in [0.3, 0.4) is 0 Å². The Hall–Kier alpha value is -1.02. The van der Waals surface area contributed by atoms with E-state index in [0.717, 1.165) is 12.3 Å². The van der Waals surface area contributed by atoms with Gasteiger partial charge in [-0.1, -0.05) is 4.62 Å². The van der Waals surface area contributed by atoms with Crippen molar-refractivity contribution in [1.82, 2.24) is 0 Å². The lowest BCUT2D eigenvalue weighted by atomic mass is 10.2. The summed E-state index contributed by atoms with van der Waals surface area (Å²) in [6, 6.07) is -1.28. The highest BCUT2D eigenvalue weighted by Gasteiger charge is 2.59. The Morgan fingerprint density at radius 1 is 1.40 bits per heavy atom. The fourth-order valence-corrected chi connectivity index (χ4v) is 4.01. The zero-order valence-corrected chi connectivity index (χ0v) is 14.1. The van der Waals surface area contributed by atoms with Gasteiger partial charge in [0.1, 0.15) is 18.1 Å². The lowest BCUT2D eigenvalue weighted by molar-refractivity contribution is -1.01. The normalized spacial score (nSPS) is 35.5. The smallest absolute Gasteiger partial charge is 0.394 e. The number of nitrogens with two attached hydrogens (primary N) is 1. The van der Waals surface area contributed by atoms with Crippen molar-refractivity contribution in [1.29, 1.82) is 0 Å². The van der Waals surface area contributed by atoms with Gasteiger partial charge in [-0.05, 0) is 4.65 Å². The Balaban J connectivity index is 2.39. The van der Waals surface area contributed by atoms with E-state index in [1.165, 1.54) is 0 Å². The summed E-state index contributed by atoms with van der Waals surface area (Å²) in [6.45, 7) is -0.628. The first-order chi connectivity index (χ1) is 11.4. The third-order valence-electron chi connectivity index (χ3n) is 3.25. The quantitative estimate of drug-likeness (QED) is 0.218. The van der Waals surface area contributed by atoms with Crippen LogP contribution in [-0.2, 0) is 22.8 Å². The first-order valence-electron chi connectivity index (χ1n) is 6.60. The maximum atomic E-state index is 12.3. The number of hydrogen-bond donors (Lipinski definition) is 6. The van der Waals surface area contributed by atoms with Crippen LogP contribution < -0.4 is 5.73 Å². The topological polar surface area (TPSA) is 218 Å². The van der Waals surface area contributed by atoms with Gasteiger partial charge < -0.3 is 30.5 Å². The van der Waals surface area contributed by atoms with Gasteiger partial charge in [0.25, 0.3) is 0 Å². The maximum absolute atomic E-state index is 12.3. The van der Waals surface area contributed by atoms with Gasteiger partial charge in [-0.25, -0.2) is 13.9 Å². The van der Waals surface area contributed by atoms with Crippen LogP contribution >= 0.6 is 15.6 Å². The molecule has 16 heteroatoms. The number of hydrogen-bond acceptors (Lipinski definition) is 9. The molecule has 2 rings (SSSR count). The fraction of sp³-hybridized carbons (Fsp3) is 0.556. The number of aliphatic hydroxyl groups excluding tert-OH is 2.